The molecule has 1 aliphatic heterocycles. The van der Waals surface area contributed by atoms with Gasteiger partial charge in [0.2, 0.25) is 0 Å². The third-order valence-corrected chi connectivity index (χ3v) is 5.42. The number of hydrogen-bond donors (Lipinski definition) is 0. The van der Waals surface area contributed by atoms with E-state index in [1.54, 1.807) is 4.90 Å². The Morgan fingerprint density at radius 1 is 0.903 bits per heavy atom. The summed E-state index contributed by atoms with van der Waals surface area (Å²) in [6, 6.07) is 27.6. The molecule has 0 spiro atoms. The minimum Gasteiger partial charge on any atom is -0.440 e. The molecular weight excluding hydrogens is 388 g/mol. The van der Waals surface area contributed by atoms with Crippen molar-refractivity contribution >= 4 is 11.6 Å². The fourth-order valence-electron chi connectivity index (χ4n) is 3.93. The van der Waals surface area contributed by atoms with Crippen molar-refractivity contribution < 1.29 is 13.9 Å². The molecule has 2 heterocycles. The Labute approximate surface area is 180 Å². The van der Waals surface area contributed by atoms with Crippen molar-refractivity contribution in [2.24, 2.45) is 0 Å². The van der Waals surface area contributed by atoms with Gasteiger partial charge in [-0.25, -0.2) is 0 Å². The number of benzene rings is 3. The van der Waals surface area contributed by atoms with Crippen molar-refractivity contribution in [2.75, 3.05) is 18.1 Å². The molecule has 0 unspecified atom stereocenters. The zero-order valence-electron chi connectivity index (χ0n) is 17.0. The summed E-state index contributed by atoms with van der Waals surface area (Å²) in [5.74, 6) is 0.519. The average Bonchev–Trinajstić information content (AvgIpc) is 3.28. The first kappa shape index (κ1) is 19.1. The third kappa shape index (κ3) is 3.94. The maximum absolute atomic E-state index is 12.9. The van der Waals surface area contributed by atoms with Crippen molar-refractivity contribution in [3.8, 4) is 28.7 Å². The van der Waals surface area contributed by atoms with E-state index in [1.807, 2.05) is 78.9 Å². The fourth-order valence-corrected chi connectivity index (χ4v) is 3.93. The second-order valence-corrected chi connectivity index (χ2v) is 7.46. The summed E-state index contributed by atoms with van der Waals surface area (Å²) in [6.07, 6.45) is 2.02. The van der Waals surface area contributed by atoms with Gasteiger partial charge in [0.25, 0.3) is 5.91 Å². The van der Waals surface area contributed by atoms with Gasteiger partial charge in [-0.05, 0) is 24.5 Å². The minimum absolute atomic E-state index is 0.0938. The normalized spacial score (nSPS) is 13.0. The molecule has 31 heavy (non-hydrogen) atoms. The Hall–Kier alpha value is -3.86. The number of ether oxygens (including phenoxy) is 1. The van der Waals surface area contributed by atoms with Crippen LogP contribution in [0, 0.1) is 0 Å². The molecule has 0 bridgehead atoms. The van der Waals surface area contributed by atoms with E-state index in [4.69, 9.17) is 9.15 Å². The van der Waals surface area contributed by atoms with E-state index in [-0.39, 0.29) is 18.6 Å². The zero-order valence-corrected chi connectivity index (χ0v) is 17.0. The number of carbonyl (C=O) groups excluding carboxylic acids is 1. The van der Waals surface area contributed by atoms with E-state index in [0.29, 0.717) is 18.0 Å². The Balaban J connectivity index is 1.39. The number of hydrogen-bond acceptors (Lipinski definition) is 4. The maximum atomic E-state index is 12.9. The van der Waals surface area contributed by atoms with E-state index in [9.17, 15) is 4.79 Å². The molecule has 0 saturated heterocycles. The molecule has 5 heteroatoms. The number of fused-ring (bicyclic) bond motifs is 1. The lowest BCUT2D eigenvalue weighted by molar-refractivity contribution is -0.121. The molecule has 154 valence electrons. The highest BCUT2D eigenvalue weighted by atomic mass is 16.6. The fraction of sp³-hybridized carbons (Fsp3) is 0.154. The zero-order chi connectivity index (χ0) is 21.0. The molecule has 1 aromatic heterocycles. The summed E-state index contributed by atoms with van der Waals surface area (Å²) >= 11 is 0. The lowest BCUT2D eigenvalue weighted by Gasteiger charge is -2.29. The van der Waals surface area contributed by atoms with Crippen molar-refractivity contribution in [1.29, 1.82) is 0 Å². The molecule has 5 nitrogen and oxygen atoms in total. The van der Waals surface area contributed by atoms with Crippen LogP contribution in [-0.4, -0.2) is 24.0 Å². The standard InChI is InChI=1S/C26H22N2O3/c29-23(28-17-9-15-19-10-7-8-16-22(19)28)18-30-26-27-24(20-11-3-1-4-12-20)25(31-26)21-13-5-2-6-14-21/h1-8,10-14,16H,9,15,17-18H2. The SMILES string of the molecule is O=C(COc1nc(-c2ccccc2)c(-c2ccccc2)o1)N1CCCc2ccccc21. The lowest BCUT2D eigenvalue weighted by atomic mass is 10.0. The summed E-state index contributed by atoms with van der Waals surface area (Å²) in [4.78, 5) is 19.2. The summed E-state index contributed by atoms with van der Waals surface area (Å²) in [5, 5.41) is 0. The molecule has 0 saturated carbocycles. The first-order valence-corrected chi connectivity index (χ1v) is 10.4. The molecule has 1 aliphatic rings. The third-order valence-electron chi connectivity index (χ3n) is 5.42. The quantitative estimate of drug-likeness (QED) is 0.444. The lowest BCUT2D eigenvalue weighted by Crippen LogP contribution is -2.38. The molecule has 1 amide bonds. The largest absolute Gasteiger partial charge is 0.440 e. The molecular formula is C26H22N2O3. The van der Waals surface area contributed by atoms with Gasteiger partial charge < -0.3 is 14.1 Å². The van der Waals surface area contributed by atoms with E-state index >= 15 is 0 Å². The first-order valence-electron chi connectivity index (χ1n) is 10.4. The topological polar surface area (TPSA) is 55.6 Å². The van der Waals surface area contributed by atoms with Crippen LogP contribution in [0.5, 0.6) is 6.08 Å². The monoisotopic (exact) mass is 410 g/mol. The van der Waals surface area contributed by atoms with Gasteiger partial charge in [0.1, 0.15) is 5.69 Å². The maximum Gasteiger partial charge on any atom is 0.395 e. The summed E-state index contributed by atoms with van der Waals surface area (Å²) in [5.41, 5.74) is 4.68. The summed E-state index contributed by atoms with van der Waals surface area (Å²) in [7, 11) is 0. The Bertz CT molecular complexity index is 1130. The van der Waals surface area contributed by atoms with Crippen LogP contribution in [-0.2, 0) is 11.2 Å². The number of aromatic nitrogens is 1. The molecule has 0 aliphatic carbocycles. The molecule has 3 aromatic carbocycles. The Morgan fingerprint density at radius 2 is 1.58 bits per heavy atom. The molecule has 4 aromatic rings. The van der Waals surface area contributed by atoms with Crippen LogP contribution in [0.4, 0.5) is 5.69 Å². The highest BCUT2D eigenvalue weighted by Gasteiger charge is 2.24. The summed E-state index contributed by atoms with van der Waals surface area (Å²) in [6.45, 7) is 0.562. The van der Waals surface area contributed by atoms with Crippen LogP contribution < -0.4 is 9.64 Å². The number of carbonyl (C=O) groups is 1. The van der Waals surface area contributed by atoms with Gasteiger partial charge in [0.05, 0.1) is 0 Å². The van der Waals surface area contributed by atoms with Gasteiger partial charge >= 0.3 is 6.08 Å². The molecule has 5 rings (SSSR count). The van der Waals surface area contributed by atoms with E-state index < -0.39 is 0 Å². The predicted octanol–water partition coefficient (Wildman–Crippen LogP) is 5.37. The first-order chi connectivity index (χ1) is 15.3. The van der Waals surface area contributed by atoms with Gasteiger partial charge in [0.15, 0.2) is 12.4 Å². The highest BCUT2D eigenvalue weighted by Crippen LogP contribution is 2.35. The van der Waals surface area contributed by atoms with Crippen LogP contribution in [0.25, 0.3) is 22.6 Å². The predicted molar refractivity (Wildman–Crippen MR) is 120 cm³/mol. The van der Waals surface area contributed by atoms with Gasteiger partial charge in [-0.15, -0.1) is 0 Å². The van der Waals surface area contributed by atoms with Gasteiger partial charge in [-0.2, -0.15) is 4.98 Å². The van der Waals surface area contributed by atoms with Crippen LogP contribution in [0.1, 0.15) is 12.0 Å². The molecule has 0 radical (unpaired) electrons. The summed E-state index contributed by atoms with van der Waals surface area (Å²) < 4.78 is 11.7. The smallest absolute Gasteiger partial charge is 0.395 e. The number of para-hydroxylation sites is 1. The van der Waals surface area contributed by atoms with Crippen LogP contribution in [0.3, 0.4) is 0 Å². The van der Waals surface area contributed by atoms with E-state index in [0.717, 1.165) is 29.7 Å². The minimum atomic E-state index is -0.128. The van der Waals surface area contributed by atoms with E-state index in [1.165, 1.54) is 5.56 Å². The molecule has 0 N–H and O–H groups in total. The van der Waals surface area contributed by atoms with Gasteiger partial charge in [0, 0.05) is 23.4 Å². The van der Waals surface area contributed by atoms with E-state index in [2.05, 4.69) is 11.1 Å². The number of aryl methyl sites for hydroxylation is 1. The van der Waals surface area contributed by atoms with Crippen LogP contribution in [0.15, 0.2) is 89.3 Å². The van der Waals surface area contributed by atoms with Gasteiger partial charge in [-0.1, -0.05) is 78.9 Å². The Kier molecular flexibility index (Phi) is 5.23. The number of nitrogens with zero attached hydrogens (tertiary/aromatic N) is 2. The second kappa shape index (κ2) is 8.48. The van der Waals surface area contributed by atoms with Crippen molar-refractivity contribution in [2.45, 2.75) is 12.8 Å². The van der Waals surface area contributed by atoms with Crippen LogP contribution >= 0.6 is 0 Å². The average molecular weight is 410 g/mol. The van der Waals surface area contributed by atoms with Gasteiger partial charge in [-0.3, -0.25) is 4.79 Å². The number of amides is 1. The second-order valence-electron chi connectivity index (χ2n) is 7.46. The molecule has 0 atom stereocenters. The number of rotatable bonds is 5. The van der Waals surface area contributed by atoms with Crippen molar-refractivity contribution in [3.05, 3.63) is 90.5 Å². The Morgan fingerprint density at radius 3 is 2.35 bits per heavy atom. The highest BCUT2D eigenvalue weighted by molar-refractivity contribution is 5.95. The number of oxazole rings is 1. The number of anilines is 1. The van der Waals surface area contributed by atoms with Crippen molar-refractivity contribution in [1.82, 2.24) is 4.98 Å². The van der Waals surface area contributed by atoms with Crippen LogP contribution in [0.2, 0.25) is 0 Å². The molecule has 0 fully saturated rings. The van der Waals surface area contributed by atoms with Crippen molar-refractivity contribution in [3.63, 3.8) is 0 Å².